The Morgan fingerprint density at radius 1 is 1.25 bits per heavy atom. The molecule has 0 aliphatic carbocycles. The van der Waals surface area contributed by atoms with E-state index in [4.69, 9.17) is 0 Å². The zero-order chi connectivity index (χ0) is 9.56. The molecule has 0 heterocycles. The SMILES string of the molecule is CC/C=C(\C)CC(=O)C=C(C)C. The number of carbonyl (C=O) groups excluding carboxylic acids is 1. The maximum Gasteiger partial charge on any atom is 0.159 e. The Morgan fingerprint density at radius 2 is 1.83 bits per heavy atom. The highest BCUT2D eigenvalue weighted by Crippen LogP contribution is 2.04. The van der Waals surface area contributed by atoms with Crippen molar-refractivity contribution in [2.45, 2.75) is 40.5 Å². The molecule has 1 nitrogen and oxygen atoms in total. The van der Waals surface area contributed by atoms with Crippen LogP contribution in [0.1, 0.15) is 40.5 Å². The lowest BCUT2D eigenvalue weighted by atomic mass is 10.1. The molecule has 68 valence electrons. The second-order valence-corrected chi connectivity index (χ2v) is 3.32. The fourth-order valence-corrected chi connectivity index (χ4v) is 1.07. The van der Waals surface area contributed by atoms with Gasteiger partial charge in [0.25, 0.3) is 0 Å². The highest BCUT2D eigenvalue weighted by Gasteiger charge is 1.97. The largest absolute Gasteiger partial charge is 0.295 e. The van der Waals surface area contributed by atoms with Crippen molar-refractivity contribution in [2.24, 2.45) is 0 Å². The van der Waals surface area contributed by atoms with Crippen LogP contribution >= 0.6 is 0 Å². The number of carbonyl (C=O) groups is 1. The fourth-order valence-electron chi connectivity index (χ4n) is 1.07. The Labute approximate surface area is 75.2 Å². The molecule has 0 aromatic heterocycles. The van der Waals surface area contributed by atoms with Gasteiger partial charge in [0.2, 0.25) is 0 Å². The first kappa shape index (κ1) is 11.2. The van der Waals surface area contributed by atoms with Gasteiger partial charge in [0.05, 0.1) is 0 Å². The maximum absolute atomic E-state index is 11.2. The molecular weight excluding hydrogens is 148 g/mol. The van der Waals surface area contributed by atoms with Crippen LogP contribution in [0.15, 0.2) is 23.3 Å². The highest BCUT2D eigenvalue weighted by atomic mass is 16.1. The van der Waals surface area contributed by atoms with Crippen LogP contribution in [0, 0.1) is 0 Å². The van der Waals surface area contributed by atoms with Crippen molar-refractivity contribution in [1.29, 1.82) is 0 Å². The average molecular weight is 166 g/mol. The van der Waals surface area contributed by atoms with Crippen LogP contribution in [-0.2, 0) is 4.79 Å². The van der Waals surface area contributed by atoms with E-state index < -0.39 is 0 Å². The Bertz CT molecular complexity index is 205. The van der Waals surface area contributed by atoms with E-state index in [-0.39, 0.29) is 5.78 Å². The molecule has 0 amide bonds. The van der Waals surface area contributed by atoms with Gasteiger partial charge in [-0.2, -0.15) is 0 Å². The van der Waals surface area contributed by atoms with Crippen molar-refractivity contribution in [3.05, 3.63) is 23.3 Å². The molecule has 0 aromatic rings. The summed E-state index contributed by atoms with van der Waals surface area (Å²) in [4.78, 5) is 11.2. The summed E-state index contributed by atoms with van der Waals surface area (Å²) in [6, 6.07) is 0. The van der Waals surface area contributed by atoms with E-state index in [1.165, 1.54) is 5.57 Å². The molecule has 0 aliphatic heterocycles. The predicted molar refractivity (Wildman–Crippen MR) is 53.1 cm³/mol. The van der Waals surface area contributed by atoms with Gasteiger partial charge in [0.1, 0.15) is 0 Å². The van der Waals surface area contributed by atoms with Gasteiger partial charge >= 0.3 is 0 Å². The van der Waals surface area contributed by atoms with E-state index in [1.54, 1.807) is 6.08 Å². The zero-order valence-electron chi connectivity index (χ0n) is 8.48. The molecule has 0 spiro atoms. The first-order valence-electron chi connectivity index (χ1n) is 4.39. The molecule has 1 heteroatoms. The van der Waals surface area contributed by atoms with Crippen LogP contribution in [0.5, 0.6) is 0 Å². The molecule has 0 aliphatic rings. The van der Waals surface area contributed by atoms with E-state index in [9.17, 15) is 4.79 Å². The average Bonchev–Trinajstić information content (AvgIpc) is 1.84. The number of allylic oxidation sites excluding steroid dienone is 4. The highest BCUT2D eigenvalue weighted by molar-refractivity contribution is 5.91. The minimum Gasteiger partial charge on any atom is -0.295 e. The van der Waals surface area contributed by atoms with E-state index in [2.05, 4.69) is 13.0 Å². The Morgan fingerprint density at radius 3 is 2.25 bits per heavy atom. The summed E-state index contributed by atoms with van der Waals surface area (Å²) >= 11 is 0. The van der Waals surface area contributed by atoms with Gasteiger partial charge in [-0.25, -0.2) is 0 Å². The second-order valence-electron chi connectivity index (χ2n) is 3.32. The van der Waals surface area contributed by atoms with Crippen LogP contribution in [0.2, 0.25) is 0 Å². The number of hydrogen-bond acceptors (Lipinski definition) is 1. The van der Waals surface area contributed by atoms with Crippen molar-refractivity contribution >= 4 is 5.78 Å². The van der Waals surface area contributed by atoms with E-state index in [1.807, 2.05) is 20.8 Å². The van der Waals surface area contributed by atoms with Crippen LogP contribution in [0.3, 0.4) is 0 Å². The van der Waals surface area contributed by atoms with Crippen LogP contribution < -0.4 is 0 Å². The summed E-state index contributed by atoms with van der Waals surface area (Å²) in [5.41, 5.74) is 2.24. The molecule has 0 unspecified atom stereocenters. The van der Waals surface area contributed by atoms with Gasteiger partial charge in [0.15, 0.2) is 5.78 Å². The molecule has 0 N–H and O–H groups in total. The van der Waals surface area contributed by atoms with E-state index in [0.717, 1.165) is 12.0 Å². The topological polar surface area (TPSA) is 17.1 Å². The third-order valence-electron chi connectivity index (χ3n) is 1.46. The summed E-state index contributed by atoms with van der Waals surface area (Å²) in [7, 11) is 0. The third-order valence-corrected chi connectivity index (χ3v) is 1.46. The van der Waals surface area contributed by atoms with Crippen molar-refractivity contribution in [3.8, 4) is 0 Å². The minimum absolute atomic E-state index is 0.206. The van der Waals surface area contributed by atoms with Gasteiger partial charge in [0, 0.05) is 6.42 Å². The number of ketones is 1. The Balaban J connectivity index is 4.02. The molecule has 0 atom stereocenters. The molecule has 0 bridgehead atoms. The first-order chi connectivity index (χ1) is 5.56. The summed E-state index contributed by atoms with van der Waals surface area (Å²) in [6.45, 7) is 7.96. The van der Waals surface area contributed by atoms with Gasteiger partial charge in [-0.1, -0.05) is 24.1 Å². The first-order valence-corrected chi connectivity index (χ1v) is 4.39. The minimum atomic E-state index is 0.206. The van der Waals surface area contributed by atoms with Crippen molar-refractivity contribution < 1.29 is 4.79 Å². The lowest BCUT2D eigenvalue weighted by Crippen LogP contribution is -1.94. The predicted octanol–water partition coefficient (Wildman–Crippen LogP) is 3.27. The van der Waals surface area contributed by atoms with Crippen molar-refractivity contribution in [1.82, 2.24) is 0 Å². The molecule has 0 saturated carbocycles. The van der Waals surface area contributed by atoms with Gasteiger partial charge < -0.3 is 0 Å². The fraction of sp³-hybridized carbons (Fsp3) is 0.545. The number of rotatable bonds is 4. The monoisotopic (exact) mass is 166 g/mol. The number of hydrogen-bond donors (Lipinski definition) is 0. The Kier molecular flexibility index (Phi) is 5.35. The third kappa shape index (κ3) is 5.90. The van der Waals surface area contributed by atoms with Crippen LogP contribution in [-0.4, -0.2) is 5.78 Å². The van der Waals surface area contributed by atoms with Crippen LogP contribution in [0.4, 0.5) is 0 Å². The standard InChI is InChI=1S/C11H18O/c1-5-6-10(4)8-11(12)7-9(2)3/h6-7H,5,8H2,1-4H3/b10-6+. The van der Waals surface area contributed by atoms with Crippen molar-refractivity contribution in [2.75, 3.05) is 0 Å². The molecule has 0 fully saturated rings. The molecular formula is C11H18O. The van der Waals surface area contributed by atoms with Gasteiger partial charge in [-0.05, 0) is 33.3 Å². The van der Waals surface area contributed by atoms with E-state index >= 15 is 0 Å². The lowest BCUT2D eigenvalue weighted by Gasteiger charge is -1.96. The molecule has 0 aromatic carbocycles. The summed E-state index contributed by atoms with van der Waals surface area (Å²) in [6.07, 6.45) is 5.37. The second kappa shape index (κ2) is 5.76. The zero-order valence-corrected chi connectivity index (χ0v) is 8.48. The Hall–Kier alpha value is -0.850. The smallest absolute Gasteiger partial charge is 0.159 e. The summed E-state index contributed by atoms with van der Waals surface area (Å²) < 4.78 is 0. The summed E-state index contributed by atoms with van der Waals surface area (Å²) in [5, 5.41) is 0. The normalized spacial score (nSPS) is 11.2. The van der Waals surface area contributed by atoms with E-state index in [0.29, 0.717) is 6.42 Å². The maximum atomic E-state index is 11.2. The van der Waals surface area contributed by atoms with Crippen molar-refractivity contribution in [3.63, 3.8) is 0 Å². The quantitative estimate of drug-likeness (QED) is 0.462. The lowest BCUT2D eigenvalue weighted by molar-refractivity contribution is -0.114. The molecule has 12 heavy (non-hydrogen) atoms. The molecule has 0 saturated heterocycles. The summed E-state index contributed by atoms with van der Waals surface area (Å²) in [5.74, 6) is 0.206. The molecule has 0 radical (unpaired) electrons. The molecule has 0 rings (SSSR count). The van der Waals surface area contributed by atoms with Crippen LogP contribution in [0.25, 0.3) is 0 Å². The van der Waals surface area contributed by atoms with Gasteiger partial charge in [-0.15, -0.1) is 0 Å². The van der Waals surface area contributed by atoms with Gasteiger partial charge in [-0.3, -0.25) is 4.79 Å².